The van der Waals surface area contributed by atoms with Crippen LogP contribution >= 0.6 is 0 Å². The van der Waals surface area contributed by atoms with E-state index in [0.717, 1.165) is 10.9 Å². The number of rotatable bonds is 4. The average Bonchev–Trinajstić information content (AvgIpc) is 2.66. The van der Waals surface area contributed by atoms with Crippen molar-refractivity contribution in [3.05, 3.63) is 77.0 Å². The number of aromatic amines is 1. The smallest absolute Gasteiger partial charge is 0.258 e. The molecular formula is C20H16N4O2. The topological polar surface area (TPSA) is 87.7 Å². The predicted molar refractivity (Wildman–Crippen MR) is 101 cm³/mol. The lowest BCUT2D eigenvalue weighted by molar-refractivity contribution is -0.116. The number of para-hydroxylation sites is 2. The molecule has 1 amide bonds. The number of carbonyl (C=O) groups is 1. The van der Waals surface area contributed by atoms with Gasteiger partial charge in [0.05, 0.1) is 28.3 Å². The molecule has 0 fully saturated rings. The second kappa shape index (κ2) is 6.76. The SMILES string of the molecule is O=C(CCc1nc2ccccc2c(=O)[nH]1)Nc1cnc2ccccc2c1. The van der Waals surface area contributed by atoms with Crippen molar-refractivity contribution in [2.75, 3.05) is 5.32 Å². The van der Waals surface area contributed by atoms with Crippen molar-refractivity contribution in [1.29, 1.82) is 0 Å². The number of pyridine rings is 1. The normalized spacial score (nSPS) is 10.9. The third kappa shape index (κ3) is 3.30. The fraction of sp³-hybridized carbons (Fsp3) is 0.100. The average molecular weight is 344 g/mol. The number of carbonyl (C=O) groups excluding carboxylic acids is 1. The molecule has 6 heteroatoms. The Morgan fingerprint density at radius 2 is 1.81 bits per heavy atom. The second-order valence-corrected chi connectivity index (χ2v) is 5.99. The van der Waals surface area contributed by atoms with Gasteiger partial charge in [0.15, 0.2) is 0 Å². The first-order valence-electron chi connectivity index (χ1n) is 8.32. The van der Waals surface area contributed by atoms with Gasteiger partial charge in [-0.25, -0.2) is 4.98 Å². The van der Waals surface area contributed by atoms with Gasteiger partial charge in [-0.15, -0.1) is 0 Å². The molecule has 0 atom stereocenters. The van der Waals surface area contributed by atoms with E-state index in [9.17, 15) is 9.59 Å². The van der Waals surface area contributed by atoms with E-state index in [4.69, 9.17) is 0 Å². The van der Waals surface area contributed by atoms with Crippen molar-refractivity contribution in [2.24, 2.45) is 0 Å². The minimum absolute atomic E-state index is 0.155. The lowest BCUT2D eigenvalue weighted by Crippen LogP contribution is -2.16. The third-order valence-corrected chi connectivity index (χ3v) is 4.13. The summed E-state index contributed by atoms with van der Waals surface area (Å²) in [5.41, 5.74) is 1.97. The first-order valence-corrected chi connectivity index (χ1v) is 8.32. The number of hydrogen-bond acceptors (Lipinski definition) is 4. The summed E-state index contributed by atoms with van der Waals surface area (Å²) in [6.07, 6.45) is 2.21. The molecule has 0 aliphatic heterocycles. The summed E-state index contributed by atoms with van der Waals surface area (Å²) in [6, 6.07) is 16.7. The fourth-order valence-corrected chi connectivity index (χ4v) is 2.85. The van der Waals surface area contributed by atoms with Crippen LogP contribution in [0, 0.1) is 0 Å². The van der Waals surface area contributed by atoms with Gasteiger partial charge in [-0.05, 0) is 24.3 Å². The van der Waals surface area contributed by atoms with Crippen LogP contribution in [0.2, 0.25) is 0 Å². The quantitative estimate of drug-likeness (QED) is 0.596. The number of amides is 1. The maximum absolute atomic E-state index is 12.2. The third-order valence-electron chi connectivity index (χ3n) is 4.13. The van der Waals surface area contributed by atoms with E-state index in [-0.39, 0.29) is 17.9 Å². The van der Waals surface area contributed by atoms with Crippen LogP contribution in [0.3, 0.4) is 0 Å². The van der Waals surface area contributed by atoms with E-state index in [2.05, 4.69) is 20.3 Å². The monoisotopic (exact) mass is 344 g/mol. The molecule has 128 valence electrons. The largest absolute Gasteiger partial charge is 0.325 e. The highest BCUT2D eigenvalue weighted by Crippen LogP contribution is 2.16. The molecule has 2 heterocycles. The Kier molecular flexibility index (Phi) is 4.15. The number of aromatic nitrogens is 3. The molecule has 0 aliphatic rings. The molecule has 0 aliphatic carbocycles. The van der Waals surface area contributed by atoms with Crippen molar-refractivity contribution in [3.63, 3.8) is 0 Å². The van der Waals surface area contributed by atoms with Crippen LogP contribution in [0.4, 0.5) is 5.69 Å². The summed E-state index contributed by atoms with van der Waals surface area (Å²) < 4.78 is 0. The molecule has 2 N–H and O–H groups in total. The fourth-order valence-electron chi connectivity index (χ4n) is 2.85. The number of benzene rings is 2. The molecule has 0 radical (unpaired) electrons. The Labute approximate surface area is 148 Å². The Balaban J connectivity index is 1.45. The van der Waals surface area contributed by atoms with Gasteiger partial charge in [-0.2, -0.15) is 0 Å². The number of aryl methyl sites for hydroxylation is 1. The van der Waals surface area contributed by atoms with Gasteiger partial charge in [-0.1, -0.05) is 30.3 Å². The van der Waals surface area contributed by atoms with Gasteiger partial charge in [0.1, 0.15) is 5.82 Å². The molecule has 2 aromatic carbocycles. The summed E-state index contributed by atoms with van der Waals surface area (Å²) in [5, 5.41) is 4.34. The van der Waals surface area contributed by atoms with Crippen molar-refractivity contribution >= 4 is 33.4 Å². The van der Waals surface area contributed by atoms with Gasteiger partial charge in [0.2, 0.25) is 5.91 Å². The van der Waals surface area contributed by atoms with Crippen LogP contribution in [0.25, 0.3) is 21.8 Å². The number of H-pyrrole nitrogens is 1. The highest BCUT2D eigenvalue weighted by Gasteiger charge is 2.08. The molecule has 0 spiro atoms. The van der Waals surface area contributed by atoms with E-state index < -0.39 is 0 Å². The molecule has 0 bridgehead atoms. The molecule has 2 aromatic heterocycles. The summed E-state index contributed by atoms with van der Waals surface area (Å²) in [6.45, 7) is 0. The van der Waals surface area contributed by atoms with E-state index in [1.165, 1.54) is 0 Å². The second-order valence-electron chi connectivity index (χ2n) is 5.99. The first-order chi connectivity index (χ1) is 12.7. The molecule has 4 aromatic rings. The van der Waals surface area contributed by atoms with Crippen molar-refractivity contribution in [3.8, 4) is 0 Å². The highest BCUT2D eigenvalue weighted by molar-refractivity contribution is 5.93. The lowest BCUT2D eigenvalue weighted by atomic mass is 10.2. The molecule has 26 heavy (non-hydrogen) atoms. The Morgan fingerprint density at radius 3 is 2.69 bits per heavy atom. The zero-order chi connectivity index (χ0) is 17.9. The molecule has 4 rings (SSSR count). The van der Waals surface area contributed by atoms with Crippen molar-refractivity contribution in [1.82, 2.24) is 15.0 Å². The van der Waals surface area contributed by atoms with Gasteiger partial charge in [-0.3, -0.25) is 14.6 Å². The van der Waals surface area contributed by atoms with E-state index >= 15 is 0 Å². The van der Waals surface area contributed by atoms with E-state index in [1.807, 2.05) is 36.4 Å². The van der Waals surface area contributed by atoms with Crippen LogP contribution in [0.15, 0.2) is 65.6 Å². The number of nitrogens with one attached hydrogen (secondary N) is 2. The number of anilines is 1. The molecule has 0 unspecified atom stereocenters. The maximum Gasteiger partial charge on any atom is 0.258 e. The van der Waals surface area contributed by atoms with E-state index in [1.54, 1.807) is 24.4 Å². The lowest BCUT2D eigenvalue weighted by Gasteiger charge is -2.06. The Morgan fingerprint density at radius 1 is 1.04 bits per heavy atom. The number of hydrogen-bond donors (Lipinski definition) is 2. The van der Waals surface area contributed by atoms with Crippen LogP contribution < -0.4 is 10.9 Å². The summed E-state index contributed by atoms with van der Waals surface area (Å²) in [4.78, 5) is 35.7. The number of fused-ring (bicyclic) bond motifs is 2. The Hall–Kier alpha value is -3.54. The highest BCUT2D eigenvalue weighted by atomic mass is 16.1. The van der Waals surface area contributed by atoms with Crippen LogP contribution in [0.5, 0.6) is 0 Å². The predicted octanol–water partition coefficient (Wildman–Crippen LogP) is 3.04. The van der Waals surface area contributed by atoms with Crippen LogP contribution in [-0.4, -0.2) is 20.9 Å². The summed E-state index contributed by atoms with van der Waals surface area (Å²) in [7, 11) is 0. The molecular weight excluding hydrogens is 328 g/mol. The first kappa shape index (κ1) is 16.0. The van der Waals surface area contributed by atoms with E-state index in [0.29, 0.717) is 28.8 Å². The maximum atomic E-state index is 12.2. The van der Waals surface area contributed by atoms with Gasteiger partial charge in [0, 0.05) is 18.2 Å². The standard InChI is InChI=1S/C20H16N4O2/c25-19(22-14-11-13-5-1-3-7-16(13)21-12-14)10-9-18-23-17-8-4-2-6-15(17)20(26)24-18/h1-8,11-12H,9-10H2,(H,22,25)(H,23,24,26). The Bertz CT molecular complexity index is 1170. The van der Waals surface area contributed by atoms with Gasteiger partial charge in [0.25, 0.3) is 5.56 Å². The molecule has 0 saturated heterocycles. The summed E-state index contributed by atoms with van der Waals surface area (Å²) >= 11 is 0. The minimum Gasteiger partial charge on any atom is -0.325 e. The molecule has 0 saturated carbocycles. The zero-order valence-electron chi connectivity index (χ0n) is 13.9. The molecule has 6 nitrogen and oxygen atoms in total. The van der Waals surface area contributed by atoms with Gasteiger partial charge >= 0.3 is 0 Å². The van der Waals surface area contributed by atoms with Crippen molar-refractivity contribution < 1.29 is 4.79 Å². The van der Waals surface area contributed by atoms with Crippen LogP contribution in [-0.2, 0) is 11.2 Å². The zero-order valence-corrected chi connectivity index (χ0v) is 13.9. The van der Waals surface area contributed by atoms with Crippen LogP contribution in [0.1, 0.15) is 12.2 Å². The summed E-state index contributed by atoms with van der Waals surface area (Å²) in [5.74, 6) is 0.346. The minimum atomic E-state index is -0.190. The van der Waals surface area contributed by atoms with Gasteiger partial charge < -0.3 is 10.3 Å². The number of nitrogens with zero attached hydrogens (tertiary/aromatic N) is 2. The van der Waals surface area contributed by atoms with Crippen molar-refractivity contribution in [2.45, 2.75) is 12.8 Å².